The van der Waals surface area contributed by atoms with Gasteiger partial charge in [0.1, 0.15) is 18.2 Å². The van der Waals surface area contributed by atoms with Crippen molar-refractivity contribution in [2.75, 3.05) is 0 Å². The number of rotatable bonds is 3. The van der Waals surface area contributed by atoms with E-state index in [-0.39, 0.29) is 0 Å². The van der Waals surface area contributed by atoms with Gasteiger partial charge in [0, 0.05) is 34.9 Å². The predicted molar refractivity (Wildman–Crippen MR) is 147 cm³/mol. The highest BCUT2D eigenvalue weighted by Crippen LogP contribution is 2.43. The topological polar surface area (TPSA) is 21.4 Å². The highest BCUT2D eigenvalue weighted by Gasteiger charge is 2.27. The monoisotopic (exact) mass is 471 g/mol. The number of nitrogens with zero attached hydrogens (tertiary/aromatic N) is 2. The first-order chi connectivity index (χ1) is 17.6. The van der Waals surface area contributed by atoms with E-state index in [1.807, 2.05) is 30.3 Å². The normalized spacial score (nSPS) is 14.4. The molecule has 1 aliphatic rings. The van der Waals surface area contributed by atoms with Gasteiger partial charge < -0.3 is 4.42 Å². The summed E-state index contributed by atoms with van der Waals surface area (Å²) < 4.78 is 9.08. The Balaban J connectivity index is 1.60. The largest absolute Gasteiger partial charge is 0.455 e. The predicted octanol–water partition coefficient (Wildman–Crippen LogP) is 8.96. The van der Waals surface area contributed by atoms with Crippen LogP contribution < -0.4 is 4.57 Å². The van der Waals surface area contributed by atoms with Crippen LogP contribution in [0, 0.1) is 20.4 Å². The average molecular weight is 472 g/mol. The summed E-state index contributed by atoms with van der Waals surface area (Å²) >= 11 is 0. The number of fused-ring (bicyclic) bond motifs is 3. The highest BCUT2D eigenvalue weighted by atomic mass is 16.3. The molecule has 0 aliphatic heterocycles. The minimum Gasteiger partial charge on any atom is -0.455 e. The first kappa shape index (κ1) is 22.6. The van der Waals surface area contributed by atoms with E-state index in [1.54, 1.807) is 0 Å². The molecule has 0 radical (unpaired) electrons. The molecular weight excluding hydrogens is 440 g/mol. The van der Waals surface area contributed by atoms with Crippen LogP contribution >= 0.6 is 0 Å². The second kappa shape index (κ2) is 8.95. The average Bonchev–Trinajstić information content (AvgIpc) is 3.29. The Labute approximate surface area is 212 Å². The summed E-state index contributed by atoms with van der Waals surface area (Å²) in [6.45, 7) is 12.1. The first-order valence-electron chi connectivity index (χ1n) is 13.0. The van der Waals surface area contributed by atoms with Gasteiger partial charge in [0.05, 0.1) is 12.1 Å². The van der Waals surface area contributed by atoms with Gasteiger partial charge >= 0.3 is 0 Å². The maximum atomic E-state index is 7.70. The Bertz CT molecular complexity index is 1650. The van der Waals surface area contributed by atoms with Crippen LogP contribution in [0.2, 0.25) is 0 Å². The molecule has 1 saturated carbocycles. The molecular formula is C33H31N2O+. The van der Waals surface area contributed by atoms with E-state index in [9.17, 15) is 0 Å². The van der Waals surface area contributed by atoms with Crippen LogP contribution in [0.25, 0.3) is 49.2 Å². The third-order valence-electron chi connectivity index (χ3n) is 8.15. The Morgan fingerprint density at radius 3 is 2.39 bits per heavy atom. The van der Waals surface area contributed by atoms with Crippen molar-refractivity contribution in [1.29, 1.82) is 0 Å². The van der Waals surface area contributed by atoms with Crippen LogP contribution in [-0.4, -0.2) is 0 Å². The SMILES string of the molecule is [C-]#[N+]c1cc(-c2ccccc2)c2oc3c(-c4ccc(C5CCCCC5)c(C)[n+]4C)c(C)ccc3c2c1. The summed E-state index contributed by atoms with van der Waals surface area (Å²) in [5.41, 5.74) is 10.7. The van der Waals surface area contributed by atoms with E-state index in [4.69, 9.17) is 11.0 Å². The summed E-state index contributed by atoms with van der Waals surface area (Å²) in [7, 11) is 2.18. The third kappa shape index (κ3) is 3.60. The van der Waals surface area contributed by atoms with Gasteiger partial charge in [-0.3, -0.25) is 0 Å². The van der Waals surface area contributed by atoms with Crippen molar-refractivity contribution in [3.05, 3.63) is 95.0 Å². The lowest BCUT2D eigenvalue weighted by Gasteiger charge is -2.22. The van der Waals surface area contributed by atoms with Crippen molar-refractivity contribution in [3.63, 3.8) is 0 Å². The van der Waals surface area contributed by atoms with E-state index in [0.717, 1.165) is 38.6 Å². The summed E-state index contributed by atoms with van der Waals surface area (Å²) in [4.78, 5) is 3.78. The molecule has 0 spiro atoms. The minimum atomic E-state index is 0.629. The second-order valence-electron chi connectivity index (χ2n) is 10.2. The van der Waals surface area contributed by atoms with Gasteiger partial charge in [-0.1, -0.05) is 61.7 Å². The van der Waals surface area contributed by atoms with E-state index in [2.05, 4.69) is 66.7 Å². The zero-order chi connectivity index (χ0) is 24.8. The summed E-state index contributed by atoms with van der Waals surface area (Å²) in [6.07, 6.45) is 6.63. The van der Waals surface area contributed by atoms with Gasteiger partial charge in [-0.25, -0.2) is 4.85 Å². The van der Waals surface area contributed by atoms with E-state index >= 15 is 0 Å². The van der Waals surface area contributed by atoms with Crippen LogP contribution in [0.1, 0.15) is 54.8 Å². The van der Waals surface area contributed by atoms with Gasteiger partial charge in [0.25, 0.3) is 0 Å². The van der Waals surface area contributed by atoms with Gasteiger partial charge in [-0.15, -0.1) is 0 Å². The molecule has 36 heavy (non-hydrogen) atoms. The van der Waals surface area contributed by atoms with Crippen LogP contribution in [0.4, 0.5) is 5.69 Å². The van der Waals surface area contributed by atoms with E-state index < -0.39 is 0 Å². The zero-order valence-corrected chi connectivity index (χ0v) is 21.3. The maximum absolute atomic E-state index is 7.70. The van der Waals surface area contributed by atoms with Crippen LogP contribution in [-0.2, 0) is 7.05 Å². The molecule has 3 aromatic carbocycles. The van der Waals surface area contributed by atoms with E-state index in [0.29, 0.717) is 11.6 Å². The number of furan rings is 1. The molecule has 0 amide bonds. The lowest BCUT2D eigenvalue weighted by molar-refractivity contribution is -0.667. The van der Waals surface area contributed by atoms with Crippen LogP contribution in [0.3, 0.4) is 0 Å². The highest BCUT2D eigenvalue weighted by molar-refractivity contribution is 6.14. The zero-order valence-electron chi connectivity index (χ0n) is 21.3. The first-order valence-corrected chi connectivity index (χ1v) is 13.0. The fourth-order valence-corrected chi connectivity index (χ4v) is 6.11. The van der Waals surface area contributed by atoms with Gasteiger partial charge in [0.15, 0.2) is 11.4 Å². The number of hydrogen-bond acceptors (Lipinski definition) is 1. The quantitative estimate of drug-likeness (QED) is 0.190. The molecule has 6 rings (SSSR count). The van der Waals surface area contributed by atoms with Crippen LogP contribution in [0.5, 0.6) is 0 Å². The second-order valence-corrected chi connectivity index (χ2v) is 10.2. The molecule has 0 saturated heterocycles. The fraction of sp³-hybridized carbons (Fsp3) is 0.273. The molecule has 2 heterocycles. The molecule has 0 unspecified atom stereocenters. The number of pyridine rings is 1. The van der Waals surface area contributed by atoms with Gasteiger partial charge in [0.2, 0.25) is 5.69 Å². The number of aromatic nitrogens is 1. The van der Waals surface area contributed by atoms with Crippen molar-refractivity contribution in [3.8, 4) is 22.4 Å². The number of hydrogen-bond donors (Lipinski definition) is 0. The Kier molecular flexibility index (Phi) is 5.61. The van der Waals surface area contributed by atoms with Crippen molar-refractivity contribution in [1.82, 2.24) is 0 Å². The maximum Gasteiger partial charge on any atom is 0.216 e. The number of benzene rings is 3. The Morgan fingerprint density at radius 1 is 0.861 bits per heavy atom. The molecule has 1 fully saturated rings. The fourth-order valence-electron chi connectivity index (χ4n) is 6.11. The molecule has 1 aliphatic carbocycles. The molecule has 3 nitrogen and oxygen atoms in total. The van der Waals surface area contributed by atoms with Crippen molar-refractivity contribution < 1.29 is 8.98 Å². The molecule has 3 heteroatoms. The standard InChI is InChI=1S/C33H31N2O/c1-21-15-16-27-29-20-25(34-3)19-28(24-13-9-6-10-14-24)32(29)36-33(27)31(21)30-18-17-26(22(2)35(30)4)23-11-7-5-8-12-23/h6,9-10,13-20,23H,5,7-8,11-12H2,1-2,4H3/q+1. The van der Waals surface area contributed by atoms with Crippen molar-refractivity contribution in [2.45, 2.75) is 51.9 Å². The third-order valence-corrected chi connectivity index (χ3v) is 8.15. The molecule has 0 atom stereocenters. The van der Waals surface area contributed by atoms with Gasteiger partial charge in [-0.05, 0) is 55.0 Å². The minimum absolute atomic E-state index is 0.629. The summed E-state index contributed by atoms with van der Waals surface area (Å²) in [6, 6.07) is 23.1. The Morgan fingerprint density at radius 2 is 1.64 bits per heavy atom. The van der Waals surface area contributed by atoms with Crippen molar-refractivity contribution in [2.24, 2.45) is 7.05 Å². The Hall–Kier alpha value is -3.90. The number of aryl methyl sites for hydroxylation is 1. The molecule has 178 valence electrons. The van der Waals surface area contributed by atoms with Gasteiger partial charge in [-0.2, -0.15) is 4.57 Å². The van der Waals surface area contributed by atoms with Crippen molar-refractivity contribution >= 4 is 27.6 Å². The lowest BCUT2D eigenvalue weighted by atomic mass is 9.83. The molecule has 0 bridgehead atoms. The molecule has 2 aromatic heterocycles. The smallest absolute Gasteiger partial charge is 0.216 e. The van der Waals surface area contributed by atoms with Crippen LogP contribution in [0.15, 0.2) is 71.1 Å². The van der Waals surface area contributed by atoms with E-state index in [1.165, 1.54) is 54.6 Å². The lowest BCUT2D eigenvalue weighted by Crippen LogP contribution is -2.36. The summed E-state index contributed by atoms with van der Waals surface area (Å²) in [5, 5.41) is 2.05. The molecule has 5 aromatic rings. The molecule has 0 N–H and O–H groups in total. The summed E-state index contributed by atoms with van der Waals surface area (Å²) in [5.74, 6) is 0.669.